The van der Waals surface area contributed by atoms with E-state index in [9.17, 15) is 4.79 Å². The van der Waals surface area contributed by atoms with Gasteiger partial charge in [0.25, 0.3) is 5.91 Å². The van der Waals surface area contributed by atoms with Gasteiger partial charge in [-0.15, -0.1) is 11.3 Å². The standard InChI is InChI=1S/C7H9NOS2/c9-7(8-3-4-10)6-2-1-5-11-6/h1-2,5,10H,3-4H2,(H,8,9). The molecular weight excluding hydrogens is 178 g/mol. The highest BCUT2D eigenvalue weighted by Crippen LogP contribution is 2.07. The van der Waals surface area contributed by atoms with Gasteiger partial charge in [0, 0.05) is 12.3 Å². The summed E-state index contributed by atoms with van der Waals surface area (Å²) in [5, 5.41) is 4.61. The summed E-state index contributed by atoms with van der Waals surface area (Å²) in [6.45, 7) is 0.625. The largest absolute Gasteiger partial charge is 0.351 e. The van der Waals surface area contributed by atoms with E-state index in [4.69, 9.17) is 0 Å². The molecule has 0 spiro atoms. The Morgan fingerprint density at radius 3 is 3.09 bits per heavy atom. The molecule has 0 saturated carbocycles. The average molecular weight is 187 g/mol. The van der Waals surface area contributed by atoms with Crippen LogP contribution in [0.5, 0.6) is 0 Å². The molecule has 0 aliphatic heterocycles. The number of thiophene rings is 1. The molecule has 0 aliphatic rings. The van der Waals surface area contributed by atoms with Gasteiger partial charge >= 0.3 is 0 Å². The molecule has 0 radical (unpaired) electrons. The van der Waals surface area contributed by atoms with Gasteiger partial charge in [0.05, 0.1) is 4.88 Å². The first-order chi connectivity index (χ1) is 5.34. The molecule has 1 amide bonds. The van der Waals surface area contributed by atoms with Gasteiger partial charge in [-0.05, 0) is 11.4 Å². The smallest absolute Gasteiger partial charge is 0.261 e. The number of amides is 1. The van der Waals surface area contributed by atoms with Crippen LogP contribution in [0.25, 0.3) is 0 Å². The molecular formula is C7H9NOS2. The fourth-order valence-electron chi connectivity index (χ4n) is 0.664. The van der Waals surface area contributed by atoms with Crippen LogP contribution in [-0.2, 0) is 0 Å². The van der Waals surface area contributed by atoms with E-state index in [0.29, 0.717) is 12.3 Å². The van der Waals surface area contributed by atoms with Gasteiger partial charge in [-0.1, -0.05) is 6.07 Å². The van der Waals surface area contributed by atoms with Crippen LogP contribution in [-0.4, -0.2) is 18.2 Å². The molecule has 60 valence electrons. The lowest BCUT2D eigenvalue weighted by Gasteiger charge is -1.98. The highest BCUT2D eigenvalue weighted by atomic mass is 32.1. The highest BCUT2D eigenvalue weighted by Gasteiger charge is 2.03. The maximum Gasteiger partial charge on any atom is 0.261 e. The van der Waals surface area contributed by atoms with Crippen LogP contribution in [0.1, 0.15) is 9.67 Å². The zero-order chi connectivity index (χ0) is 8.10. The number of carbonyl (C=O) groups is 1. The minimum absolute atomic E-state index is 0.00551. The Hall–Kier alpha value is -0.480. The van der Waals surface area contributed by atoms with Crippen molar-refractivity contribution in [1.29, 1.82) is 0 Å². The van der Waals surface area contributed by atoms with Crippen molar-refractivity contribution in [3.05, 3.63) is 22.4 Å². The van der Waals surface area contributed by atoms with E-state index < -0.39 is 0 Å². The summed E-state index contributed by atoms with van der Waals surface area (Å²) in [4.78, 5) is 11.9. The van der Waals surface area contributed by atoms with Gasteiger partial charge in [0.15, 0.2) is 0 Å². The molecule has 0 atom stereocenters. The van der Waals surface area contributed by atoms with Crippen molar-refractivity contribution in [2.24, 2.45) is 0 Å². The number of thiol groups is 1. The number of carbonyl (C=O) groups excluding carboxylic acids is 1. The normalized spacial score (nSPS) is 9.55. The molecule has 1 N–H and O–H groups in total. The van der Waals surface area contributed by atoms with Crippen molar-refractivity contribution in [1.82, 2.24) is 5.32 Å². The third-order valence-corrected chi connectivity index (χ3v) is 2.23. The summed E-state index contributed by atoms with van der Waals surface area (Å²) in [6.07, 6.45) is 0. The van der Waals surface area contributed by atoms with Crippen molar-refractivity contribution in [3.63, 3.8) is 0 Å². The molecule has 1 aromatic heterocycles. The SMILES string of the molecule is O=C(NCCS)c1cccs1. The average Bonchev–Trinajstić information content (AvgIpc) is 2.52. The first-order valence-electron chi connectivity index (χ1n) is 3.27. The molecule has 0 aromatic carbocycles. The Morgan fingerprint density at radius 2 is 2.55 bits per heavy atom. The molecule has 2 nitrogen and oxygen atoms in total. The van der Waals surface area contributed by atoms with Crippen molar-refractivity contribution >= 4 is 29.9 Å². The highest BCUT2D eigenvalue weighted by molar-refractivity contribution is 7.80. The third kappa shape index (κ3) is 2.55. The fourth-order valence-corrected chi connectivity index (χ4v) is 1.42. The Bertz CT molecular complexity index is 220. The van der Waals surface area contributed by atoms with Crippen molar-refractivity contribution in [3.8, 4) is 0 Å². The Kier molecular flexibility index (Phi) is 3.45. The van der Waals surface area contributed by atoms with E-state index in [2.05, 4.69) is 17.9 Å². The number of hydrogen-bond acceptors (Lipinski definition) is 3. The van der Waals surface area contributed by atoms with Crippen LogP contribution in [0, 0.1) is 0 Å². The van der Waals surface area contributed by atoms with Crippen LogP contribution in [0.15, 0.2) is 17.5 Å². The van der Waals surface area contributed by atoms with E-state index >= 15 is 0 Å². The van der Waals surface area contributed by atoms with Gasteiger partial charge in [-0.25, -0.2) is 0 Å². The van der Waals surface area contributed by atoms with Gasteiger partial charge in [-0.2, -0.15) is 12.6 Å². The van der Waals surface area contributed by atoms with Crippen molar-refractivity contribution < 1.29 is 4.79 Å². The lowest BCUT2D eigenvalue weighted by molar-refractivity contribution is 0.0960. The van der Waals surface area contributed by atoms with Crippen LogP contribution in [0.2, 0.25) is 0 Å². The lowest BCUT2D eigenvalue weighted by Crippen LogP contribution is -2.24. The third-order valence-electron chi connectivity index (χ3n) is 1.14. The second-order valence-electron chi connectivity index (χ2n) is 1.96. The summed E-state index contributed by atoms with van der Waals surface area (Å²) in [7, 11) is 0. The molecule has 0 unspecified atom stereocenters. The number of nitrogens with one attached hydrogen (secondary N) is 1. The molecule has 0 fully saturated rings. The lowest BCUT2D eigenvalue weighted by atomic mass is 10.4. The summed E-state index contributed by atoms with van der Waals surface area (Å²) in [5.41, 5.74) is 0. The topological polar surface area (TPSA) is 29.1 Å². The molecule has 1 heterocycles. The zero-order valence-corrected chi connectivity index (χ0v) is 7.62. The van der Waals surface area contributed by atoms with Gasteiger partial charge < -0.3 is 5.32 Å². The minimum atomic E-state index is -0.00551. The summed E-state index contributed by atoms with van der Waals surface area (Å²) < 4.78 is 0. The Morgan fingerprint density at radius 1 is 1.73 bits per heavy atom. The Balaban J connectivity index is 2.43. The van der Waals surface area contributed by atoms with E-state index in [1.807, 2.05) is 11.4 Å². The summed E-state index contributed by atoms with van der Waals surface area (Å²) in [6, 6.07) is 3.67. The van der Waals surface area contributed by atoms with E-state index in [1.54, 1.807) is 6.07 Å². The number of rotatable bonds is 3. The van der Waals surface area contributed by atoms with Gasteiger partial charge in [0.1, 0.15) is 0 Å². The molecule has 0 saturated heterocycles. The zero-order valence-electron chi connectivity index (χ0n) is 5.91. The molecule has 0 bridgehead atoms. The molecule has 0 aliphatic carbocycles. The second-order valence-corrected chi connectivity index (χ2v) is 3.35. The molecule has 11 heavy (non-hydrogen) atoms. The first-order valence-corrected chi connectivity index (χ1v) is 4.78. The van der Waals surface area contributed by atoms with E-state index in [0.717, 1.165) is 4.88 Å². The van der Waals surface area contributed by atoms with Crippen LogP contribution in [0.3, 0.4) is 0 Å². The second kappa shape index (κ2) is 4.41. The van der Waals surface area contributed by atoms with Crippen LogP contribution < -0.4 is 5.32 Å². The van der Waals surface area contributed by atoms with Gasteiger partial charge in [0.2, 0.25) is 0 Å². The summed E-state index contributed by atoms with van der Waals surface area (Å²) in [5.74, 6) is 0.672. The van der Waals surface area contributed by atoms with Crippen molar-refractivity contribution in [2.75, 3.05) is 12.3 Å². The van der Waals surface area contributed by atoms with Gasteiger partial charge in [-0.3, -0.25) is 4.79 Å². The minimum Gasteiger partial charge on any atom is -0.351 e. The molecule has 4 heteroatoms. The fraction of sp³-hybridized carbons (Fsp3) is 0.286. The van der Waals surface area contributed by atoms with E-state index in [-0.39, 0.29) is 5.91 Å². The Labute approximate surface area is 75.0 Å². The molecule has 1 aromatic rings. The predicted octanol–water partition coefficient (Wildman–Crippen LogP) is 1.41. The maximum absolute atomic E-state index is 11.1. The summed E-state index contributed by atoms with van der Waals surface area (Å²) >= 11 is 5.43. The number of hydrogen-bond donors (Lipinski definition) is 2. The van der Waals surface area contributed by atoms with Crippen LogP contribution in [0.4, 0.5) is 0 Å². The quantitative estimate of drug-likeness (QED) is 0.688. The van der Waals surface area contributed by atoms with E-state index in [1.165, 1.54) is 11.3 Å². The monoisotopic (exact) mass is 187 g/mol. The van der Waals surface area contributed by atoms with Crippen LogP contribution >= 0.6 is 24.0 Å². The molecule has 1 rings (SSSR count). The van der Waals surface area contributed by atoms with Crippen molar-refractivity contribution in [2.45, 2.75) is 0 Å². The maximum atomic E-state index is 11.1. The first kappa shape index (κ1) is 8.62. The predicted molar refractivity (Wildman–Crippen MR) is 50.5 cm³/mol.